The van der Waals surface area contributed by atoms with Gasteiger partial charge in [0.05, 0.1) is 0 Å². The van der Waals surface area contributed by atoms with Gasteiger partial charge in [0.2, 0.25) is 5.91 Å². The van der Waals surface area contributed by atoms with Crippen LogP contribution in [0.3, 0.4) is 0 Å². The first-order chi connectivity index (χ1) is 9.65. The summed E-state index contributed by atoms with van der Waals surface area (Å²) in [4.78, 5) is 14.1. The van der Waals surface area contributed by atoms with E-state index in [1.54, 1.807) is 12.1 Å². The summed E-state index contributed by atoms with van der Waals surface area (Å²) in [6.07, 6.45) is 2.68. The van der Waals surface area contributed by atoms with E-state index in [4.69, 9.17) is 0 Å². The number of halogens is 1. The lowest BCUT2D eigenvalue weighted by Gasteiger charge is -2.31. The summed E-state index contributed by atoms with van der Waals surface area (Å²) in [5, 5.41) is 6.05. The van der Waals surface area contributed by atoms with Gasteiger partial charge in [-0.3, -0.25) is 4.79 Å². The summed E-state index contributed by atoms with van der Waals surface area (Å²) in [6, 6.07) is 6.52. The van der Waals surface area contributed by atoms with Crippen LogP contribution in [0.2, 0.25) is 0 Å². The van der Waals surface area contributed by atoms with Crippen LogP contribution in [0.15, 0.2) is 24.3 Å². The third-order valence-corrected chi connectivity index (χ3v) is 3.73. The highest BCUT2D eigenvalue weighted by molar-refractivity contribution is 5.90. The molecule has 20 heavy (non-hydrogen) atoms. The first-order valence-electron chi connectivity index (χ1n) is 7.11. The van der Waals surface area contributed by atoms with Crippen molar-refractivity contribution in [1.82, 2.24) is 10.2 Å². The van der Waals surface area contributed by atoms with Crippen LogP contribution in [0, 0.1) is 5.82 Å². The Labute approximate surface area is 119 Å². The van der Waals surface area contributed by atoms with Gasteiger partial charge in [-0.05, 0) is 51.2 Å². The van der Waals surface area contributed by atoms with Crippen LogP contribution in [0.1, 0.15) is 19.3 Å². The van der Waals surface area contributed by atoms with Crippen molar-refractivity contribution in [2.24, 2.45) is 0 Å². The summed E-state index contributed by atoms with van der Waals surface area (Å²) in [5.74, 6) is -0.411. The number of amides is 1. The second-order valence-electron chi connectivity index (χ2n) is 5.27. The Morgan fingerprint density at radius 1 is 1.45 bits per heavy atom. The van der Waals surface area contributed by atoms with E-state index < -0.39 is 0 Å². The maximum atomic E-state index is 13.0. The highest BCUT2D eigenvalue weighted by Gasteiger charge is 2.18. The molecule has 5 heteroatoms. The van der Waals surface area contributed by atoms with E-state index in [-0.39, 0.29) is 11.7 Å². The Kier molecular flexibility index (Phi) is 5.49. The summed E-state index contributed by atoms with van der Waals surface area (Å²) in [7, 11) is 2.06. The predicted octanol–water partition coefficient (Wildman–Crippen LogP) is 1.84. The number of nitrogens with zero attached hydrogens (tertiary/aromatic N) is 1. The molecule has 110 valence electrons. The molecular formula is C15H22FN3O. The molecule has 2 N–H and O–H groups in total. The molecule has 1 amide bonds. The first-order valence-corrected chi connectivity index (χ1v) is 7.11. The average molecular weight is 279 g/mol. The van der Waals surface area contributed by atoms with Crippen molar-refractivity contribution in [2.45, 2.75) is 25.3 Å². The van der Waals surface area contributed by atoms with Gasteiger partial charge in [0, 0.05) is 24.7 Å². The summed E-state index contributed by atoms with van der Waals surface area (Å²) >= 11 is 0. The molecule has 0 spiro atoms. The van der Waals surface area contributed by atoms with Crippen molar-refractivity contribution in [3.8, 4) is 0 Å². The maximum absolute atomic E-state index is 13.0. The Hall–Kier alpha value is -1.46. The van der Waals surface area contributed by atoms with Crippen molar-refractivity contribution >= 4 is 11.6 Å². The first kappa shape index (κ1) is 14.9. The van der Waals surface area contributed by atoms with E-state index in [1.807, 2.05) is 0 Å². The lowest BCUT2D eigenvalue weighted by Crippen LogP contribution is -2.42. The smallest absolute Gasteiger partial charge is 0.225 e. The molecule has 0 radical (unpaired) electrons. The lowest BCUT2D eigenvalue weighted by atomic mass is 10.1. The van der Waals surface area contributed by atoms with Crippen LogP contribution in [0.4, 0.5) is 10.1 Å². The lowest BCUT2D eigenvalue weighted by molar-refractivity contribution is -0.116. The van der Waals surface area contributed by atoms with Crippen LogP contribution in [0.5, 0.6) is 0 Å². The molecule has 0 unspecified atom stereocenters. The second-order valence-corrected chi connectivity index (χ2v) is 5.27. The fourth-order valence-electron chi connectivity index (χ4n) is 2.50. The minimum atomic E-state index is -0.338. The van der Waals surface area contributed by atoms with E-state index in [0.29, 0.717) is 18.2 Å². The number of hydrogen-bond donors (Lipinski definition) is 2. The zero-order valence-corrected chi connectivity index (χ0v) is 11.9. The van der Waals surface area contributed by atoms with E-state index in [9.17, 15) is 9.18 Å². The van der Waals surface area contributed by atoms with E-state index in [1.165, 1.54) is 12.1 Å². The van der Waals surface area contributed by atoms with Gasteiger partial charge in [0.1, 0.15) is 5.82 Å². The molecule has 1 aliphatic heterocycles. The van der Waals surface area contributed by atoms with Crippen LogP contribution in [0.25, 0.3) is 0 Å². The number of benzene rings is 1. The standard InChI is InChI=1S/C15H22FN3O/c1-19(14-5-8-17-9-6-14)10-7-15(20)18-13-4-2-3-12(16)11-13/h2-4,11,14,17H,5-10H2,1H3,(H,18,20). The molecule has 1 aromatic rings. The van der Waals surface area contributed by atoms with Crippen molar-refractivity contribution in [1.29, 1.82) is 0 Å². The van der Waals surface area contributed by atoms with Gasteiger partial charge in [0.25, 0.3) is 0 Å². The molecule has 0 aromatic heterocycles. The zero-order valence-electron chi connectivity index (χ0n) is 11.9. The van der Waals surface area contributed by atoms with Crippen molar-refractivity contribution in [3.05, 3.63) is 30.1 Å². The molecule has 4 nitrogen and oxygen atoms in total. The fraction of sp³-hybridized carbons (Fsp3) is 0.533. The van der Waals surface area contributed by atoms with Gasteiger partial charge in [-0.1, -0.05) is 6.07 Å². The normalized spacial score (nSPS) is 16.4. The quantitative estimate of drug-likeness (QED) is 0.864. The van der Waals surface area contributed by atoms with E-state index >= 15 is 0 Å². The fourth-order valence-corrected chi connectivity index (χ4v) is 2.50. The third kappa shape index (κ3) is 4.58. The Morgan fingerprint density at radius 3 is 2.90 bits per heavy atom. The SMILES string of the molecule is CN(CCC(=O)Nc1cccc(F)c1)C1CCNCC1. The molecule has 1 fully saturated rings. The molecule has 0 aliphatic carbocycles. The van der Waals surface area contributed by atoms with Gasteiger partial charge in [-0.2, -0.15) is 0 Å². The van der Waals surface area contributed by atoms with Gasteiger partial charge >= 0.3 is 0 Å². The topological polar surface area (TPSA) is 44.4 Å². The molecule has 0 atom stereocenters. The zero-order chi connectivity index (χ0) is 14.4. The average Bonchev–Trinajstić information content (AvgIpc) is 2.46. The molecule has 2 rings (SSSR count). The molecule has 1 aromatic carbocycles. The Bertz CT molecular complexity index is 446. The Morgan fingerprint density at radius 2 is 2.20 bits per heavy atom. The van der Waals surface area contributed by atoms with Crippen LogP contribution < -0.4 is 10.6 Å². The monoisotopic (exact) mass is 279 g/mol. The van der Waals surface area contributed by atoms with E-state index in [2.05, 4.69) is 22.6 Å². The number of nitrogens with one attached hydrogen (secondary N) is 2. The van der Waals surface area contributed by atoms with Crippen molar-refractivity contribution in [2.75, 3.05) is 32.0 Å². The largest absolute Gasteiger partial charge is 0.326 e. The van der Waals surface area contributed by atoms with Crippen molar-refractivity contribution < 1.29 is 9.18 Å². The third-order valence-electron chi connectivity index (χ3n) is 3.73. The maximum Gasteiger partial charge on any atom is 0.225 e. The molecule has 1 heterocycles. The second kappa shape index (κ2) is 7.36. The number of anilines is 1. The number of piperidine rings is 1. The Balaban J connectivity index is 1.74. The van der Waals surface area contributed by atoms with Crippen LogP contribution >= 0.6 is 0 Å². The molecule has 1 aliphatic rings. The molecule has 1 saturated heterocycles. The highest BCUT2D eigenvalue weighted by Crippen LogP contribution is 2.12. The predicted molar refractivity (Wildman–Crippen MR) is 78.2 cm³/mol. The number of carbonyl (C=O) groups is 1. The number of rotatable bonds is 5. The van der Waals surface area contributed by atoms with Crippen LogP contribution in [-0.2, 0) is 4.79 Å². The minimum absolute atomic E-state index is 0.0728. The summed E-state index contributed by atoms with van der Waals surface area (Å²) in [5.41, 5.74) is 0.513. The van der Waals surface area contributed by atoms with Crippen LogP contribution in [-0.4, -0.2) is 43.5 Å². The molecular weight excluding hydrogens is 257 g/mol. The highest BCUT2D eigenvalue weighted by atomic mass is 19.1. The number of hydrogen-bond acceptors (Lipinski definition) is 3. The van der Waals surface area contributed by atoms with Crippen molar-refractivity contribution in [3.63, 3.8) is 0 Å². The van der Waals surface area contributed by atoms with E-state index in [0.717, 1.165) is 32.5 Å². The minimum Gasteiger partial charge on any atom is -0.326 e. The van der Waals surface area contributed by atoms with Gasteiger partial charge < -0.3 is 15.5 Å². The molecule has 0 bridgehead atoms. The van der Waals surface area contributed by atoms with Gasteiger partial charge in [-0.15, -0.1) is 0 Å². The summed E-state index contributed by atoms with van der Waals surface area (Å²) < 4.78 is 13.0. The molecule has 0 saturated carbocycles. The number of carbonyl (C=O) groups excluding carboxylic acids is 1. The summed E-state index contributed by atoms with van der Waals surface area (Å²) in [6.45, 7) is 2.82. The van der Waals surface area contributed by atoms with Gasteiger partial charge in [0.15, 0.2) is 0 Å². The van der Waals surface area contributed by atoms with Gasteiger partial charge in [-0.25, -0.2) is 4.39 Å².